The van der Waals surface area contributed by atoms with Crippen LogP contribution in [0.4, 0.5) is 0 Å². The molecule has 0 saturated carbocycles. The van der Waals surface area contributed by atoms with Gasteiger partial charge in [0.2, 0.25) is 0 Å². The molecular formula is C11H23N. The molecule has 0 unspecified atom stereocenters. The molecule has 0 bridgehead atoms. The van der Waals surface area contributed by atoms with E-state index in [4.69, 9.17) is 0 Å². The Hall–Kier alpha value is -0.300. The third-order valence-corrected chi connectivity index (χ3v) is 2.41. The molecule has 0 aliphatic carbocycles. The largest absolute Gasteiger partial charge is 0.316 e. The Morgan fingerprint density at radius 3 is 2.42 bits per heavy atom. The van der Waals surface area contributed by atoms with Crippen LogP contribution in [0.25, 0.3) is 0 Å². The van der Waals surface area contributed by atoms with Gasteiger partial charge in [0.05, 0.1) is 0 Å². The van der Waals surface area contributed by atoms with Crippen molar-refractivity contribution in [2.24, 2.45) is 5.92 Å². The quantitative estimate of drug-likeness (QED) is 0.435. The molecule has 0 aliphatic heterocycles. The summed E-state index contributed by atoms with van der Waals surface area (Å²) in [5, 5.41) is 3.41. The minimum atomic E-state index is 0.918. The number of hydrogen-bond acceptors (Lipinski definition) is 1. The van der Waals surface area contributed by atoms with Crippen molar-refractivity contribution in [1.82, 2.24) is 5.32 Å². The van der Waals surface area contributed by atoms with Gasteiger partial charge in [-0.3, -0.25) is 0 Å². The second-order valence-corrected chi connectivity index (χ2v) is 3.30. The molecular weight excluding hydrogens is 146 g/mol. The first-order valence-corrected chi connectivity index (χ1v) is 5.16. The summed E-state index contributed by atoms with van der Waals surface area (Å²) < 4.78 is 0. The maximum Gasteiger partial charge on any atom is -0.00144 e. The van der Waals surface area contributed by atoms with Gasteiger partial charge in [0, 0.05) is 0 Å². The van der Waals surface area contributed by atoms with Crippen LogP contribution in [-0.2, 0) is 0 Å². The molecule has 0 spiro atoms. The normalized spacial score (nSPS) is 10.6. The van der Waals surface area contributed by atoms with E-state index in [1.165, 1.54) is 25.8 Å². The summed E-state index contributed by atoms with van der Waals surface area (Å²) in [6, 6.07) is 0. The summed E-state index contributed by atoms with van der Waals surface area (Å²) in [6.07, 6.45) is 7.01. The van der Waals surface area contributed by atoms with E-state index in [-0.39, 0.29) is 0 Å². The minimum absolute atomic E-state index is 0.918. The van der Waals surface area contributed by atoms with Crippen LogP contribution >= 0.6 is 0 Å². The predicted molar refractivity (Wildman–Crippen MR) is 56.4 cm³/mol. The molecule has 0 atom stereocenters. The summed E-state index contributed by atoms with van der Waals surface area (Å²) in [4.78, 5) is 0. The van der Waals surface area contributed by atoms with Crippen molar-refractivity contribution in [3.05, 3.63) is 12.7 Å². The van der Waals surface area contributed by atoms with E-state index in [1.807, 2.05) is 6.08 Å². The zero-order valence-electron chi connectivity index (χ0n) is 8.60. The van der Waals surface area contributed by atoms with Crippen molar-refractivity contribution in [3.8, 4) is 0 Å². The fraction of sp³-hybridized carbons (Fsp3) is 0.818. The fourth-order valence-electron chi connectivity index (χ4n) is 1.33. The van der Waals surface area contributed by atoms with E-state index >= 15 is 0 Å². The van der Waals surface area contributed by atoms with Gasteiger partial charge in [-0.25, -0.2) is 0 Å². The Balaban J connectivity index is 3.11. The molecule has 12 heavy (non-hydrogen) atoms. The molecule has 1 nitrogen and oxygen atoms in total. The molecule has 0 aromatic carbocycles. The second-order valence-electron chi connectivity index (χ2n) is 3.30. The lowest BCUT2D eigenvalue weighted by Gasteiger charge is -2.11. The van der Waals surface area contributed by atoms with Crippen LogP contribution in [0.5, 0.6) is 0 Å². The van der Waals surface area contributed by atoms with Crippen LogP contribution in [0.3, 0.4) is 0 Å². The van der Waals surface area contributed by atoms with Gasteiger partial charge in [0.25, 0.3) is 0 Å². The first kappa shape index (κ1) is 11.7. The molecule has 0 aromatic heterocycles. The highest BCUT2D eigenvalue weighted by molar-refractivity contribution is 4.67. The Morgan fingerprint density at radius 2 is 1.92 bits per heavy atom. The number of hydrogen-bond donors (Lipinski definition) is 1. The molecule has 0 amide bonds. The van der Waals surface area contributed by atoms with Gasteiger partial charge in [0.15, 0.2) is 0 Å². The minimum Gasteiger partial charge on any atom is -0.316 e. The highest BCUT2D eigenvalue weighted by atomic mass is 14.8. The van der Waals surface area contributed by atoms with Crippen molar-refractivity contribution in [2.75, 3.05) is 13.1 Å². The predicted octanol–water partition coefficient (Wildman–Crippen LogP) is 2.98. The third kappa shape index (κ3) is 6.41. The average Bonchev–Trinajstić information content (AvgIpc) is 2.11. The van der Waals surface area contributed by atoms with Crippen LogP contribution in [0, 0.1) is 5.92 Å². The lowest BCUT2D eigenvalue weighted by Crippen LogP contribution is -2.18. The van der Waals surface area contributed by atoms with E-state index in [9.17, 15) is 0 Å². The molecule has 0 aromatic rings. The average molecular weight is 169 g/mol. The molecule has 0 saturated heterocycles. The van der Waals surface area contributed by atoms with Gasteiger partial charge in [0.1, 0.15) is 0 Å². The third-order valence-electron chi connectivity index (χ3n) is 2.41. The zero-order valence-corrected chi connectivity index (χ0v) is 8.60. The van der Waals surface area contributed by atoms with Crippen molar-refractivity contribution in [2.45, 2.75) is 39.5 Å². The smallest absolute Gasteiger partial charge is 0.00144 e. The molecule has 1 heteroatoms. The zero-order chi connectivity index (χ0) is 9.23. The lowest BCUT2D eigenvalue weighted by molar-refractivity contribution is 0.440. The molecule has 0 radical (unpaired) electrons. The first-order chi connectivity index (χ1) is 5.85. The van der Waals surface area contributed by atoms with Crippen molar-refractivity contribution in [1.29, 1.82) is 0 Å². The molecule has 1 N–H and O–H groups in total. The van der Waals surface area contributed by atoms with Gasteiger partial charge < -0.3 is 5.32 Å². The van der Waals surface area contributed by atoms with E-state index in [0.717, 1.165) is 18.9 Å². The lowest BCUT2D eigenvalue weighted by atomic mass is 10.00. The van der Waals surface area contributed by atoms with E-state index in [1.54, 1.807) is 0 Å². The Labute approximate surface area is 77.2 Å². The molecule has 72 valence electrons. The summed E-state index contributed by atoms with van der Waals surface area (Å²) in [7, 11) is 0. The van der Waals surface area contributed by atoms with Gasteiger partial charge in [-0.15, -0.1) is 6.58 Å². The summed E-state index contributed by atoms with van der Waals surface area (Å²) in [6.45, 7) is 10.5. The first-order valence-electron chi connectivity index (χ1n) is 5.16. The summed E-state index contributed by atoms with van der Waals surface area (Å²) in [5.74, 6) is 0.918. The van der Waals surface area contributed by atoms with E-state index < -0.39 is 0 Å². The maximum atomic E-state index is 3.69. The highest BCUT2D eigenvalue weighted by Crippen LogP contribution is 2.10. The fourth-order valence-corrected chi connectivity index (χ4v) is 1.33. The Kier molecular flexibility index (Phi) is 8.57. The van der Waals surface area contributed by atoms with E-state index in [0.29, 0.717) is 0 Å². The van der Waals surface area contributed by atoms with Gasteiger partial charge in [-0.1, -0.05) is 32.8 Å². The van der Waals surface area contributed by atoms with Crippen molar-refractivity contribution >= 4 is 0 Å². The molecule has 0 aliphatic rings. The Bertz CT molecular complexity index is 95.2. The monoisotopic (exact) mass is 169 g/mol. The van der Waals surface area contributed by atoms with Gasteiger partial charge in [-0.05, 0) is 31.8 Å². The molecule has 0 fully saturated rings. The summed E-state index contributed by atoms with van der Waals surface area (Å²) in [5.41, 5.74) is 0. The van der Waals surface area contributed by atoms with Crippen molar-refractivity contribution in [3.63, 3.8) is 0 Å². The number of rotatable bonds is 8. The summed E-state index contributed by atoms with van der Waals surface area (Å²) >= 11 is 0. The van der Waals surface area contributed by atoms with Crippen LogP contribution in [0.15, 0.2) is 12.7 Å². The maximum absolute atomic E-state index is 3.69. The van der Waals surface area contributed by atoms with Gasteiger partial charge in [-0.2, -0.15) is 0 Å². The van der Waals surface area contributed by atoms with E-state index in [2.05, 4.69) is 25.7 Å². The SMILES string of the molecule is C=CCCNCCC(CC)CC. The van der Waals surface area contributed by atoms with Crippen LogP contribution in [-0.4, -0.2) is 13.1 Å². The topological polar surface area (TPSA) is 12.0 Å². The standard InChI is InChI=1S/C11H23N/c1-4-7-9-12-10-8-11(5-2)6-3/h4,11-12H,1,5-10H2,2-3H3. The molecule has 0 heterocycles. The highest BCUT2D eigenvalue weighted by Gasteiger charge is 2.01. The number of nitrogens with one attached hydrogen (secondary N) is 1. The van der Waals surface area contributed by atoms with Crippen molar-refractivity contribution < 1.29 is 0 Å². The second kappa shape index (κ2) is 8.79. The van der Waals surface area contributed by atoms with Crippen LogP contribution in [0.1, 0.15) is 39.5 Å². The van der Waals surface area contributed by atoms with Crippen LogP contribution < -0.4 is 5.32 Å². The van der Waals surface area contributed by atoms with Gasteiger partial charge >= 0.3 is 0 Å². The Morgan fingerprint density at radius 1 is 1.25 bits per heavy atom. The molecule has 0 rings (SSSR count). The van der Waals surface area contributed by atoms with Crippen LogP contribution in [0.2, 0.25) is 0 Å².